The maximum Gasteiger partial charge on any atom is 0.176 e. The monoisotopic (exact) mass is 302 g/mol. The van der Waals surface area contributed by atoms with Crippen LogP contribution >= 0.6 is 8.19 Å². The first-order chi connectivity index (χ1) is 7.33. The number of aromatic nitrogens is 2. The molecule has 0 amide bonds. The number of hydrogen-bond donors (Lipinski definition) is 0. The Hall–Kier alpha value is 0.291. The van der Waals surface area contributed by atoms with Crippen LogP contribution in [0.25, 0.3) is 0 Å². The van der Waals surface area contributed by atoms with Crippen molar-refractivity contribution in [3.63, 3.8) is 0 Å². The molecule has 0 aromatic carbocycles. The third kappa shape index (κ3) is 3.63. The molecule has 1 rings (SSSR count). The van der Waals surface area contributed by atoms with Crippen LogP contribution in [-0.2, 0) is 0 Å². The Kier molecular flexibility index (Phi) is 4.01. The second-order valence-electron chi connectivity index (χ2n) is 7.84. The standard InChI is InChI=1S/C11H27N2PSi3/c1-15(2,3)10-12-13(17(7,8)9)11(14-10)16(4,5)6/h1-9H3. The SMILES string of the molecule is C[Si](C)(C)c1nn([Si](C)(C)C)c([Si](C)(C)C)p1. The van der Waals surface area contributed by atoms with Gasteiger partial charge in [-0.05, 0) is 27.8 Å². The third-order valence-electron chi connectivity index (χ3n) is 2.58. The molecule has 17 heavy (non-hydrogen) atoms. The molecule has 0 bridgehead atoms. The molecule has 1 aromatic rings. The summed E-state index contributed by atoms with van der Waals surface area (Å²) in [4.78, 5) is 0. The number of rotatable bonds is 3. The Morgan fingerprint density at radius 1 is 0.824 bits per heavy atom. The minimum absolute atomic E-state index is 1.25. The van der Waals surface area contributed by atoms with Crippen molar-refractivity contribution in [2.24, 2.45) is 0 Å². The van der Waals surface area contributed by atoms with Gasteiger partial charge in [-0.15, -0.1) is 0 Å². The predicted octanol–water partition coefficient (Wildman–Crippen LogP) is 3.24. The summed E-state index contributed by atoms with van der Waals surface area (Å²) in [6, 6.07) is 0. The predicted molar refractivity (Wildman–Crippen MR) is 89.4 cm³/mol. The first-order valence-corrected chi connectivity index (χ1v) is 17.7. The minimum atomic E-state index is -1.36. The van der Waals surface area contributed by atoms with E-state index < -0.39 is 24.4 Å². The highest BCUT2D eigenvalue weighted by Crippen LogP contribution is 2.16. The lowest BCUT2D eigenvalue weighted by molar-refractivity contribution is 0.964. The molecule has 1 aromatic heterocycles. The molecule has 1 heterocycles. The lowest BCUT2D eigenvalue weighted by Gasteiger charge is -2.25. The molecule has 0 unspecified atom stereocenters. The van der Waals surface area contributed by atoms with Gasteiger partial charge in [-0.25, -0.2) is 0 Å². The maximum atomic E-state index is 5.04. The van der Waals surface area contributed by atoms with E-state index in [2.05, 4.69) is 63.3 Å². The van der Waals surface area contributed by atoms with E-state index in [9.17, 15) is 0 Å². The van der Waals surface area contributed by atoms with E-state index >= 15 is 0 Å². The average Bonchev–Trinajstić information content (AvgIpc) is 2.42. The molecule has 0 atom stereocenters. The van der Waals surface area contributed by atoms with Crippen LogP contribution in [-0.4, -0.2) is 33.8 Å². The highest BCUT2D eigenvalue weighted by Gasteiger charge is 2.32. The Labute approximate surface area is 111 Å². The van der Waals surface area contributed by atoms with Crippen molar-refractivity contribution in [1.29, 1.82) is 0 Å². The molecule has 0 aliphatic carbocycles. The fourth-order valence-electron chi connectivity index (χ4n) is 1.58. The van der Waals surface area contributed by atoms with Crippen molar-refractivity contribution in [2.45, 2.75) is 58.9 Å². The number of nitrogens with zero attached hydrogens (tertiary/aromatic N) is 2. The summed E-state index contributed by atoms with van der Waals surface area (Å²) in [6.45, 7) is 21.8. The van der Waals surface area contributed by atoms with Crippen molar-refractivity contribution in [1.82, 2.24) is 9.45 Å². The smallest absolute Gasteiger partial charge is 0.176 e. The highest BCUT2D eigenvalue weighted by molar-refractivity contribution is 7.49. The summed E-state index contributed by atoms with van der Waals surface area (Å²) in [7, 11) is -2.40. The lowest BCUT2D eigenvalue weighted by atomic mass is 11.5. The zero-order chi connectivity index (χ0) is 13.6. The molecular formula is C11H27N2PSi3. The average molecular weight is 303 g/mol. The maximum absolute atomic E-state index is 5.04. The summed E-state index contributed by atoms with van der Waals surface area (Å²) in [6.07, 6.45) is 0. The van der Waals surface area contributed by atoms with E-state index in [-0.39, 0.29) is 0 Å². The van der Waals surface area contributed by atoms with Crippen LogP contribution in [0.15, 0.2) is 0 Å². The van der Waals surface area contributed by atoms with Crippen LogP contribution in [0.1, 0.15) is 0 Å². The van der Waals surface area contributed by atoms with Crippen molar-refractivity contribution in [3.05, 3.63) is 0 Å². The fraction of sp³-hybridized carbons (Fsp3) is 0.818. The Bertz CT molecular complexity index is 376. The molecule has 0 fully saturated rings. The van der Waals surface area contributed by atoms with E-state index in [1.54, 1.807) is 5.05 Å². The summed E-state index contributed by atoms with van der Waals surface area (Å²) >= 11 is 0. The minimum Gasteiger partial charge on any atom is -0.299 e. The molecule has 2 nitrogen and oxygen atoms in total. The van der Waals surface area contributed by atoms with Gasteiger partial charge in [-0.2, -0.15) is 5.10 Å². The van der Waals surface area contributed by atoms with Gasteiger partial charge in [0.05, 0.1) is 5.05 Å². The summed E-state index contributed by atoms with van der Waals surface area (Å²) in [5.41, 5.74) is 0. The third-order valence-corrected chi connectivity index (χ3v) is 13.0. The van der Waals surface area contributed by atoms with Gasteiger partial charge in [0.1, 0.15) is 16.1 Å². The van der Waals surface area contributed by atoms with Crippen molar-refractivity contribution < 1.29 is 0 Å². The molecular weight excluding hydrogens is 275 g/mol. The van der Waals surface area contributed by atoms with Crippen LogP contribution in [0.3, 0.4) is 0 Å². The molecule has 0 radical (unpaired) electrons. The first kappa shape index (κ1) is 15.3. The molecule has 0 aliphatic rings. The van der Waals surface area contributed by atoms with Crippen molar-refractivity contribution in [3.8, 4) is 0 Å². The van der Waals surface area contributed by atoms with E-state index in [0.717, 1.165) is 0 Å². The van der Waals surface area contributed by atoms with Gasteiger partial charge in [0, 0.05) is 5.05 Å². The molecule has 98 valence electrons. The van der Waals surface area contributed by atoms with Crippen LogP contribution in [0.2, 0.25) is 58.9 Å². The first-order valence-electron chi connectivity index (χ1n) is 6.32. The van der Waals surface area contributed by atoms with Gasteiger partial charge in [0.2, 0.25) is 0 Å². The van der Waals surface area contributed by atoms with E-state index in [1.165, 1.54) is 13.2 Å². The largest absolute Gasteiger partial charge is 0.299 e. The van der Waals surface area contributed by atoms with E-state index in [1.807, 2.05) is 0 Å². The molecule has 0 N–H and O–H groups in total. The lowest BCUT2D eigenvalue weighted by Crippen LogP contribution is -2.50. The molecule has 0 saturated heterocycles. The molecule has 0 saturated carbocycles. The normalized spacial score (nSPS) is 14.6. The Morgan fingerprint density at radius 2 is 1.29 bits per heavy atom. The van der Waals surface area contributed by atoms with Gasteiger partial charge >= 0.3 is 0 Å². The van der Waals surface area contributed by atoms with Crippen LogP contribution in [0.5, 0.6) is 0 Å². The highest BCUT2D eigenvalue weighted by atomic mass is 31.0. The van der Waals surface area contributed by atoms with Gasteiger partial charge in [-0.1, -0.05) is 39.3 Å². The Morgan fingerprint density at radius 3 is 1.53 bits per heavy atom. The zero-order valence-electron chi connectivity index (χ0n) is 12.8. The van der Waals surface area contributed by atoms with Crippen molar-refractivity contribution >= 4 is 42.7 Å². The van der Waals surface area contributed by atoms with Crippen LogP contribution in [0.4, 0.5) is 0 Å². The van der Waals surface area contributed by atoms with E-state index in [4.69, 9.17) is 5.10 Å². The quantitative estimate of drug-likeness (QED) is 0.784. The van der Waals surface area contributed by atoms with Crippen LogP contribution < -0.4 is 10.1 Å². The second kappa shape index (κ2) is 4.44. The van der Waals surface area contributed by atoms with Gasteiger partial charge in [0.25, 0.3) is 0 Å². The summed E-state index contributed by atoms with van der Waals surface area (Å²) < 4.78 is 2.47. The molecule has 0 aliphatic heterocycles. The van der Waals surface area contributed by atoms with Crippen molar-refractivity contribution in [2.75, 3.05) is 0 Å². The summed E-state index contributed by atoms with van der Waals surface area (Å²) in [5, 5.41) is 8.17. The zero-order valence-corrected chi connectivity index (χ0v) is 16.7. The van der Waals surface area contributed by atoms with Gasteiger partial charge in [-0.3, -0.25) is 4.35 Å². The van der Waals surface area contributed by atoms with Crippen LogP contribution in [0, 0.1) is 0 Å². The summed E-state index contributed by atoms with van der Waals surface area (Å²) in [5.74, 6) is 0. The fourth-order valence-corrected chi connectivity index (χ4v) is 11.1. The molecule has 6 heteroatoms. The van der Waals surface area contributed by atoms with E-state index in [0.29, 0.717) is 0 Å². The second-order valence-corrected chi connectivity index (χ2v) is 24.5. The van der Waals surface area contributed by atoms with Gasteiger partial charge < -0.3 is 0 Å². The van der Waals surface area contributed by atoms with Gasteiger partial charge in [0.15, 0.2) is 8.24 Å². The topological polar surface area (TPSA) is 17.8 Å². The Balaban J connectivity index is 3.44. The molecule has 0 spiro atoms. The number of hydrogen-bond acceptors (Lipinski definition) is 1.